The van der Waals surface area contributed by atoms with Gasteiger partial charge in [0.15, 0.2) is 0 Å². The summed E-state index contributed by atoms with van der Waals surface area (Å²) >= 11 is 0. The number of hydrogen-bond donors (Lipinski definition) is 0. The van der Waals surface area contributed by atoms with E-state index in [1.807, 2.05) is 0 Å². The van der Waals surface area contributed by atoms with Gasteiger partial charge in [0.05, 0.1) is 13.2 Å². The lowest BCUT2D eigenvalue weighted by Crippen LogP contribution is -2.27. The fraction of sp³-hybridized carbons (Fsp3) is 0.600. The van der Waals surface area contributed by atoms with Crippen molar-refractivity contribution >= 4 is 0 Å². The van der Waals surface area contributed by atoms with E-state index in [9.17, 15) is 0 Å². The molecule has 0 bridgehead atoms. The van der Waals surface area contributed by atoms with Crippen LogP contribution in [-0.4, -0.2) is 13.2 Å². The molecule has 1 aliphatic heterocycles. The second-order valence-electron chi connectivity index (χ2n) is 5.57. The predicted octanol–water partition coefficient (Wildman–Crippen LogP) is 3.42. The highest BCUT2D eigenvalue weighted by Gasteiger charge is 2.54. The van der Waals surface area contributed by atoms with Crippen LogP contribution in [0.5, 0.6) is 5.75 Å². The normalized spacial score (nSPS) is 37.7. The molecule has 90 valence electrons. The number of rotatable bonds is 1. The summed E-state index contributed by atoms with van der Waals surface area (Å²) in [5.41, 5.74) is 2.94. The Bertz CT molecular complexity index is 454. The molecule has 0 N–H and O–H groups in total. The Balaban J connectivity index is 1.81. The SMILES string of the molecule is COc1ccc2c(c1)[C@H]1CCCC[C@@H]1[C@H]1O[C@@H]21. The number of benzene rings is 1. The molecule has 4 atom stereocenters. The van der Waals surface area contributed by atoms with Gasteiger partial charge in [-0.25, -0.2) is 0 Å². The first-order valence-corrected chi connectivity index (χ1v) is 6.72. The van der Waals surface area contributed by atoms with Gasteiger partial charge in [0.1, 0.15) is 11.9 Å². The number of epoxide rings is 1. The Morgan fingerprint density at radius 1 is 1.18 bits per heavy atom. The molecule has 1 saturated heterocycles. The first-order valence-electron chi connectivity index (χ1n) is 6.72. The van der Waals surface area contributed by atoms with E-state index >= 15 is 0 Å². The topological polar surface area (TPSA) is 21.8 Å². The van der Waals surface area contributed by atoms with Crippen LogP contribution in [0.3, 0.4) is 0 Å². The molecule has 17 heavy (non-hydrogen) atoms. The summed E-state index contributed by atoms with van der Waals surface area (Å²) in [6.07, 6.45) is 6.36. The number of hydrogen-bond acceptors (Lipinski definition) is 2. The van der Waals surface area contributed by atoms with Crippen LogP contribution in [0.2, 0.25) is 0 Å². The third-order valence-electron chi connectivity index (χ3n) is 4.77. The van der Waals surface area contributed by atoms with E-state index in [4.69, 9.17) is 9.47 Å². The zero-order chi connectivity index (χ0) is 11.4. The summed E-state index contributed by atoms with van der Waals surface area (Å²) in [6.45, 7) is 0. The fourth-order valence-corrected chi connectivity index (χ4v) is 3.90. The van der Waals surface area contributed by atoms with E-state index in [0.29, 0.717) is 12.2 Å². The van der Waals surface area contributed by atoms with Gasteiger partial charge in [0, 0.05) is 0 Å². The van der Waals surface area contributed by atoms with Gasteiger partial charge in [0.2, 0.25) is 0 Å². The third-order valence-corrected chi connectivity index (χ3v) is 4.77. The highest BCUT2D eigenvalue weighted by Crippen LogP contribution is 2.58. The Morgan fingerprint density at radius 2 is 2.06 bits per heavy atom. The van der Waals surface area contributed by atoms with Crippen LogP contribution in [0, 0.1) is 5.92 Å². The minimum absolute atomic E-state index is 0.398. The summed E-state index contributed by atoms with van der Waals surface area (Å²) in [5, 5.41) is 0. The molecule has 1 heterocycles. The minimum atomic E-state index is 0.398. The molecule has 0 aromatic heterocycles. The van der Waals surface area contributed by atoms with Crippen molar-refractivity contribution in [2.75, 3.05) is 7.11 Å². The van der Waals surface area contributed by atoms with Crippen molar-refractivity contribution in [2.45, 2.75) is 43.8 Å². The van der Waals surface area contributed by atoms with Crippen LogP contribution in [0.15, 0.2) is 18.2 Å². The lowest BCUT2D eigenvalue weighted by Gasteiger charge is -2.35. The molecule has 4 rings (SSSR count). The predicted molar refractivity (Wildman–Crippen MR) is 65.3 cm³/mol. The van der Waals surface area contributed by atoms with Crippen molar-refractivity contribution in [3.8, 4) is 5.75 Å². The van der Waals surface area contributed by atoms with Gasteiger partial charge in [-0.1, -0.05) is 18.9 Å². The van der Waals surface area contributed by atoms with Crippen molar-refractivity contribution in [1.82, 2.24) is 0 Å². The van der Waals surface area contributed by atoms with Gasteiger partial charge >= 0.3 is 0 Å². The van der Waals surface area contributed by atoms with E-state index in [0.717, 1.165) is 17.6 Å². The minimum Gasteiger partial charge on any atom is -0.497 e. The standard InChI is InChI=1S/C15H18O2/c1-16-9-6-7-12-13(8-9)10-4-2-3-5-11(10)14-15(12)17-14/h6-8,10-11,14-15H,2-5H2,1H3/t10-,11-,14+,15-/m0/s1. The van der Waals surface area contributed by atoms with Gasteiger partial charge in [-0.2, -0.15) is 0 Å². The number of fused-ring (bicyclic) bond motifs is 6. The monoisotopic (exact) mass is 230 g/mol. The third kappa shape index (κ3) is 1.37. The van der Waals surface area contributed by atoms with Crippen LogP contribution >= 0.6 is 0 Å². The average molecular weight is 230 g/mol. The summed E-state index contributed by atoms with van der Waals surface area (Å²) in [7, 11) is 1.75. The Kier molecular flexibility index (Phi) is 2.04. The quantitative estimate of drug-likeness (QED) is 0.689. The largest absolute Gasteiger partial charge is 0.497 e. The molecule has 0 unspecified atom stereocenters. The van der Waals surface area contributed by atoms with Gasteiger partial charge < -0.3 is 9.47 Å². The second-order valence-corrected chi connectivity index (χ2v) is 5.57. The van der Waals surface area contributed by atoms with Gasteiger partial charge in [-0.15, -0.1) is 0 Å². The summed E-state index contributed by atoms with van der Waals surface area (Å²) in [5.74, 6) is 2.48. The maximum atomic E-state index is 5.91. The number of ether oxygens (including phenoxy) is 2. The van der Waals surface area contributed by atoms with Crippen LogP contribution < -0.4 is 4.74 Å². The average Bonchev–Trinajstić information content (AvgIpc) is 3.19. The van der Waals surface area contributed by atoms with Crippen molar-refractivity contribution in [2.24, 2.45) is 5.92 Å². The second kappa shape index (κ2) is 3.49. The molecule has 0 spiro atoms. The zero-order valence-electron chi connectivity index (χ0n) is 10.2. The van der Waals surface area contributed by atoms with Crippen molar-refractivity contribution < 1.29 is 9.47 Å². The van der Waals surface area contributed by atoms with Crippen LogP contribution in [0.4, 0.5) is 0 Å². The molecule has 2 fully saturated rings. The van der Waals surface area contributed by atoms with E-state index < -0.39 is 0 Å². The Morgan fingerprint density at radius 3 is 2.94 bits per heavy atom. The molecule has 2 heteroatoms. The van der Waals surface area contributed by atoms with Crippen LogP contribution in [0.1, 0.15) is 48.8 Å². The summed E-state index contributed by atoms with van der Waals surface area (Å²) in [4.78, 5) is 0. The zero-order valence-corrected chi connectivity index (χ0v) is 10.2. The smallest absolute Gasteiger partial charge is 0.119 e. The van der Waals surface area contributed by atoms with Crippen molar-refractivity contribution in [3.63, 3.8) is 0 Å². The fourth-order valence-electron chi connectivity index (χ4n) is 3.90. The van der Waals surface area contributed by atoms with Crippen molar-refractivity contribution in [3.05, 3.63) is 29.3 Å². The molecule has 2 nitrogen and oxygen atoms in total. The van der Waals surface area contributed by atoms with Gasteiger partial charge in [-0.3, -0.25) is 0 Å². The summed E-state index contributed by atoms with van der Waals surface area (Å²) < 4.78 is 11.3. The van der Waals surface area contributed by atoms with Crippen LogP contribution in [-0.2, 0) is 4.74 Å². The molecule has 3 aliphatic rings. The molecular formula is C15H18O2. The van der Waals surface area contributed by atoms with Gasteiger partial charge in [0.25, 0.3) is 0 Å². The Hall–Kier alpha value is -1.02. The molecular weight excluding hydrogens is 212 g/mol. The van der Waals surface area contributed by atoms with E-state index in [2.05, 4.69) is 18.2 Å². The Labute approximate surface area is 102 Å². The highest BCUT2D eigenvalue weighted by molar-refractivity contribution is 5.44. The van der Waals surface area contributed by atoms with Crippen molar-refractivity contribution in [1.29, 1.82) is 0 Å². The maximum absolute atomic E-state index is 5.91. The lowest BCUT2D eigenvalue weighted by atomic mass is 9.68. The molecule has 2 aliphatic carbocycles. The highest BCUT2D eigenvalue weighted by atomic mass is 16.6. The lowest BCUT2D eigenvalue weighted by molar-refractivity contribution is 0.237. The number of methoxy groups -OCH3 is 1. The van der Waals surface area contributed by atoms with E-state index in [1.54, 1.807) is 7.11 Å². The molecule has 1 aromatic carbocycles. The first-order chi connectivity index (χ1) is 8.38. The molecule has 0 radical (unpaired) electrons. The molecule has 0 amide bonds. The first kappa shape index (κ1) is 9.95. The summed E-state index contributed by atoms with van der Waals surface area (Å²) in [6, 6.07) is 6.53. The molecule has 1 saturated carbocycles. The maximum Gasteiger partial charge on any atom is 0.119 e. The van der Waals surface area contributed by atoms with Crippen LogP contribution in [0.25, 0.3) is 0 Å². The molecule has 1 aromatic rings. The van der Waals surface area contributed by atoms with E-state index in [-0.39, 0.29) is 0 Å². The van der Waals surface area contributed by atoms with Gasteiger partial charge in [-0.05, 0) is 47.9 Å². The van der Waals surface area contributed by atoms with E-state index in [1.165, 1.54) is 36.8 Å².